The van der Waals surface area contributed by atoms with Crippen LogP contribution in [-0.2, 0) is 9.59 Å². The molecule has 24 heavy (non-hydrogen) atoms. The van der Waals surface area contributed by atoms with Crippen LogP contribution in [0.5, 0.6) is 0 Å². The number of nitrogens with zero attached hydrogens (tertiary/aromatic N) is 1. The number of amides is 2. The van der Waals surface area contributed by atoms with Gasteiger partial charge < -0.3 is 15.5 Å². The smallest absolute Gasteiger partial charge is 0.285 e. The molecular formula is C19H28N3O2+. The molecule has 1 aromatic rings. The van der Waals surface area contributed by atoms with E-state index in [1.165, 1.54) is 11.3 Å². The summed E-state index contributed by atoms with van der Waals surface area (Å²) in [6.07, 6.45) is 4.98. The zero-order chi connectivity index (χ0) is 16.9. The van der Waals surface area contributed by atoms with Crippen molar-refractivity contribution in [2.75, 3.05) is 26.2 Å². The molecule has 0 aromatic heterocycles. The maximum Gasteiger partial charge on any atom is 0.285 e. The van der Waals surface area contributed by atoms with Gasteiger partial charge in [0.05, 0.1) is 13.1 Å². The van der Waals surface area contributed by atoms with Gasteiger partial charge in [0.15, 0.2) is 6.04 Å². The second kappa shape index (κ2) is 7.79. The third-order valence-electron chi connectivity index (χ3n) is 5.49. The molecule has 130 valence electrons. The lowest BCUT2D eigenvalue weighted by molar-refractivity contribution is -0.927. The molecule has 0 bridgehead atoms. The summed E-state index contributed by atoms with van der Waals surface area (Å²) >= 11 is 0. The molecule has 5 nitrogen and oxygen atoms in total. The van der Waals surface area contributed by atoms with E-state index in [4.69, 9.17) is 5.73 Å². The molecular weight excluding hydrogens is 302 g/mol. The molecule has 1 atom stereocenters. The van der Waals surface area contributed by atoms with Gasteiger partial charge in [-0.1, -0.05) is 30.3 Å². The van der Waals surface area contributed by atoms with Crippen LogP contribution in [0.1, 0.15) is 43.7 Å². The molecule has 2 aliphatic heterocycles. The van der Waals surface area contributed by atoms with Crippen molar-refractivity contribution in [1.82, 2.24) is 4.90 Å². The maximum atomic E-state index is 13.2. The number of primary amides is 1. The van der Waals surface area contributed by atoms with Crippen LogP contribution in [-0.4, -0.2) is 42.9 Å². The molecule has 2 aliphatic rings. The molecule has 0 radical (unpaired) electrons. The predicted molar refractivity (Wildman–Crippen MR) is 92.2 cm³/mol. The first kappa shape index (κ1) is 17.0. The van der Waals surface area contributed by atoms with Crippen molar-refractivity contribution in [2.45, 2.75) is 38.1 Å². The first-order valence-corrected chi connectivity index (χ1v) is 9.14. The Kier molecular flexibility index (Phi) is 5.51. The van der Waals surface area contributed by atoms with Crippen LogP contribution in [0.25, 0.3) is 0 Å². The van der Waals surface area contributed by atoms with Crippen LogP contribution in [0.2, 0.25) is 0 Å². The van der Waals surface area contributed by atoms with Crippen molar-refractivity contribution >= 4 is 11.8 Å². The van der Waals surface area contributed by atoms with E-state index in [9.17, 15) is 9.59 Å². The van der Waals surface area contributed by atoms with Gasteiger partial charge in [0, 0.05) is 37.4 Å². The SMILES string of the molecule is NC(=O)C1CC[NH+]([C@@H](C(=O)N2CCCCC2)c2ccccc2)CC1. The van der Waals surface area contributed by atoms with E-state index in [0.717, 1.165) is 57.4 Å². The Balaban J connectivity index is 1.78. The van der Waals surface area contributed by atoms with Crippen molar-refractivity contribution in [3.63, 3.8) is 0 Å². The molecule has 5 heteroatoms. The van der Waals surface area contributed by atoms with Crippen molar-refractivity contribution in [3.8, 4) is 0 Å². The van der Waals surface area contributed by atoms with Crippen LogP contribution in [0.15, 0.2) is 30.3 Å². The Morgan fingerprint density at radius 3 is 2.25 bits per heavy atom. The molecule has 3 rings (SSSR count). The van der Waals surface area contributed by atoms with Crippen molar-refractivity contribution in [2.24, 2.45) is 11.7 Å². The average molecular weight is 330 g/mol. The third kappa shape index (κ3) is 3.78. The summed E-state index contributed by atoms with van der Waals surface area (Å²) in [5, 5.41) is 0. The second-order valence-corrected chi connectivity index (χ2v) is 7.06. The van der Waals surface area contributed by atoms with E-state index in [-0.39, 0.29) is 23.8 Å². The lowest BCUT2D eigenvalue weighted by atomic mass is 9.93. The predicted octanol–water partition coefficient (Wildman–Crippen LogP) is 0.520. The number of piperidine rings is 2. The third-order valence-corrected chi connectivity index (χ3v) is 5.49. The molecule has 2 amide bonds. The average Bonchev–Trinajstić information content (AvgIpc) is 2.64. The van der Waals surface area contributed by atoms with Crippen LogP contribution < -0.4 is 10.6 Å². The summed E-state index contributed by atoms with van der Waals surface area (Å²) in [6, 6.07) is 9.95. The van der Waals surface area contributed by atoms with Gasteiger partial charge in [-0.15, -0.1) is 0 Å². The van der Waals surface area contributed by atoms with E-state index < -0.39 is 0 Å². The number of rotatable bonds is 4. The van der Waals surface area contributed by atoms with Gasteiger partial charge in [-0.2, -0.15) is 0 Å². The number of benzene rings is 1. The molecule has 0 aliphatic carbocycles. The number of likely N-dealkylation sites (tertiary alicyclic amines) is 2. The van der Waals surface area contributed by atoms with Gasteiger partial charge in [-0.05, 0) is 19.3 Å². The van der Waals surface area contributed by atoms with Crippen LogP contribution >= 0.6 is 0 Å². The summed E-state index contributed by atoms with van der Waals surface area (Å²) in [5.41, 5.74) is 6.54. The summed E-state index contributed by atoms with van der Waals surface area (Å²) < 4.78 is 0. The summed E-state index contributed by atoms with van der Waals surface area (Å²) in [7, 11) is 0. The molecule has 0 saturated carbocycles. The highest BCUT2D eigenvalue weighted by molar-refractivity contribution is 5.82. The Hall–Kier alpha value is -1.88. The van der Waals surface area contributed by atoms with Gasteiger partial charge in [0.1, 0.15) is 0 Å². The van der Waals surface area contributed by atoms with Gasteiger partial charge in [-0.25, -0.2) is 0 Å². The summed E-state index contributed by atoms with van der Waals surface area (Å²) in [5.74, 6) is 0.0105. The highest BCUT2D eigenvalue weighted by Crippen LogP contribution is 2.19. The number of hydrogen-bond donors (Lipinski definition) is 2. The zero-order valence-corrected chi connectivity index (χ0v) is 14.2. The molecule has 3 N–H and O–H groups in total. The summed E-state index contributed by atoms with van der Waals surface area (Å²) in [4.78, 5) is 28.0. The van der Waals surface area contributed by atoms with Crippen LogP contribution in [0.3, 0.4) is 0 Å². The first-order valence-electron chi connectivity index (χ1n) is 9.14. The normalized spacial score (nSPS) is 25.9. The lowest BCUT2D eigenvalue weighted by Crippen LogP contribution is -3.14. The number of nitrogens with two attached hydrogens (primary N) is 1. The standard InChI is InChI=1S/C19H27N3O2/c20-18(23)16-9-13-21(14-10-16)17(15-7-3-1-4-8-15)19(24)22-11-5-2-6-12-22/h1,3-4,7-8,16-17H,2,5-6,9-14H2,(H2,20,23)/p+1/t17-/m1/s1. The van der Waals surface area contributed by atoms with Crippen molar-refractivity contribution in [3.05, 3.63) is 35.9 Å². The van der Waals surface area contributed by atoms with Crippen LogP contribution in [0.4, 0.5) is 0 Å². The fraction of sp³-hybridized carbons (Fsp3) is 0.579. The van der Waals surface area contributed by atoms with E-state index in [1.54, 1.807) is 0 Å². The Labute approximate surface area is 143 Å². The molecule has 2 fully saturated rings. The van der Waals surface area contributed by atoms with E-state index in [1.807, 2.05) is 23.1 Å². The van der Waals surface area contributed by atoms with Gasteiger partial charge in [0.2, 0.25) is 5.91 Å². The molecule has 1 aromatic carbocycles. The molecule has 2 saturated heterocycles. The van der Waals surface area contributed by atoms with Gasteiger partial charge >= 0.3 is 0 Å². The minimum Gasteiger partial charge on any atom is -0.369 e. The molecule has 0 spiro atoms. The fourth-order valence-electron chi connectivity index (χ4n) is 4.06. The number of quaternary nitrogens is 1. The molecule has 2 heterocycles. The fourth-order valence-corrected chi connectivity index (χ4v) is 4.06. The Morgan fingerprint density at radius 1 is 1.04 bits per heavy atom. The highest BCUT2D eigenvalue weighted by atomic mass is 16.2. The number of hydrogen-bond acceptors (Lipinski definition) is 2. The second-order valence-electron chi connectivity index (χ2n) is 7.06. The Bertz CT molecular complexity index is 561. The number of carbonyl (C=O) groups excluding carboxylic acids is 2. The minimum absolute atomic E-state index is 0.0322. The van der Waals surface area contributed by atoms with E-state index in [0.29, 0.717) is 0 Å². The monoisotopic (exact) mass is 330 g/mol. The quantitative estimate of drug-likeness (QED) is 0.845. The van der Waals surface area contributed by atoms with Crippen molar-refractivity contribution in [1.29, 1.82) is 0 Å². The number of carbonyl (C=O) groups is 2. The minimum atomic E-state index is -0.201. The van der Waals surface area contributed by atoms with Gasteiger partial charge in [-0.3, -0.25) is 9.59 Å². The Morgan fingerprint density at radius 2 is 1.67 bits per heavy atom. The van der Waals surface area contributed by atoms with Gasteiger partial charge in [0.25, 0.3) is 5.91 Å². The highest BCUT2D eigenvalue weighted by Gasteiger charge is 2.38. The summed E-state index contributed by atoms with van der Waals surface area (Å²) in [6.45, 7) is 3.40. The van der Waals surface area contributed by atoms with E-state index in [2.05, 4.69) is 12.1 Å². The molecule has 0 unspecified atom stereocenters. The number of nitrogens with one attached hydrogen (secondary N) is 1. The maximum absolute atomic E-state index is 13.2. The topological polar surface area (TPSA) is 67.8 Å². The zero-order valence-electron chi connectivity index (χ0n) is 14.2. The van der Waals surface area contributed by atoms with Crippen molar-refractivity contribution < 1.29 is 14.5 Å². The largest absolute Gasteiger partial charge is 0.369 e. The van der Waals surface area contributed by atoms with E-state index >= 15 is 0 Å². The van der Waals surface area contributed by atoms with Crippen LogP contribution in [0, 0.1) is 5.92 Å². The first-order chi connectivity index (χ1) is 11.7. The lowest BCUT2D eigenvalue weighted by Gasteiger charge is -2.37.